The van der Waals surface area contributed by atoms with Crippen LogP contribution in [0.25, 0.3) is 0 Å². The summed E-state index contributed by atoms with van der Waals surface area (Å²) in [4.78, 5) is 25.9. The quantitative estimate of drug-likeness (QED) is 0.757. The van der Waals surface area contributed by atoms with Gasteiger partial charge in [-0.05, 0) is 48.0 Å². The van der Waals surface area contributed by atoms with Gasteiger partial charge in [0.2, 0.25) is 5.91 Å². The summed E-state index contributed by atoms with van der Waals surface area (Å²) in [6.45, 7) is 11.5. The van der Waals surface area contributed by atoms with Crippen molar-refractivity contribution in [2.45, 2.75) is 70.5 Å². The summed E-state index contributed by atoms with van der Waals surface area (Å²) in [6.07, 6.45) is 0.0953. The van der Waals surface area contributed by atoms with Crippen LogP contribution in [-0.2, 0) is 9.53 Å². The lowest BCUT2D eigenvalue weighted by Gasteiger charge is -2.31. The van der Waals surface area contributed by atoms with Gasteiger partial charge in [0.1, 0.15) is 11.6 Å². The molecule has 1 fully saturated rings. The molecular formula is C14H25ClN2O3. The Balaban J connectivity index is 2.81. The summed E-state index contributed by atoms with van der Waals surface area (Å²) >= 11 is 6.20. The number of alkyl halides is 1. The van der Waals surface area contributed by atoms with Gasteiger partial charge in [-0.2, -0.15) is 0 Å². The van der Waals surface area contributed by atoms with Gasteiger partial charge in [-0.15, -0.1) is 11.6 Å². The summed E-state index contributed by atoms with van der Waals surface area (Å²) in [5.74, 6) is -0.235. The van der Waals surface area contributed by atoms with Crippen LogP contribution in [0.5, 0.6) is 0 Å². The van der Waals surface area contributed by atoms with E-state index in [4.69, 9.17) is 16.3 Å². The average Bonchev–Trinajstić information content (AvgIpc) is 2.54. The molecule has 0 aliphatic carbocycles. The SMILES string of the molecule is CC(C)(C)NC(=O)[C@@H]1[C@H](Cl)CCN1C(=O)OC(C)(C)C. The van der Waals surface area contributed by atoms with Crippen LogP contribution >= 0.6 is 11.6 Å². The summed E-state index contributed by atoms with van der Waals surface area (Å²) in [7, 11) is 0. The molecule has 1 rings (SSSR count). The Hall–Kier alpha value is -0.970. The lowest BCUT2D eigenvalue weighted by atomic mass is 10.1. The highest BCUT2D eigenvalue weighted by molar-refractivity contribution is 6.23. The number of carbonyl (C=O) groups excluding carboxylic acids is 2. The van der Waals surface area contributed by atoms with E-state index in [0.29, 0.717) is 13.0 Å². The molecule has 0 aromatic rings. The molecule has 1 aliphatic heterocycles. The van der Waals surface area contributed by atoms with Crippen molar-refractivity contribution in [1.29, 1.82) is 0 Å². The summed E-state index contributed by atoms with van der Waals surface area (Å²) in [5, 5.41) is 2.48. The van der Waals surface area contributed by atoms with Crippen molar-refractivity contribution >= 4 is 23.6 Å². The van der Waals surface area contributed by atoms with Gasteiger partial charge in [0, 0.05) is 12.1 Å². The molecule has 1 heterocycles. The third-order valence-corrected chi connectivity index (χ3v) is 3.18. The van der Waals surface area contributed by atoms with Crippen LogP contribution in [-0.4, -0.2) is 46.0 Å². The van der Waals surface area contributed by atoms with Crippen molar-refractivity contribution in [1.82, 2.24) is 10.2 Å². The fourth-order valence-corrected chi connectivity index (χ4v) is 2.38. The maximum atomic E-state index is 12.3. The summed E-state index contributed by atoms with van der Waals surface area (Å²) in [5.41, 5.74) is -0.956. The Bertz CT molecular complexity index is 385. The average molecular weight is 305 g/mol. The molecule has 0 aromatic carbocycles. The number of nitrogens with one attached hydrogen (secondary N) is 1. The Morgan fingerprint density at radius 3 is 2.20 bits per heavy atom. The van der Waals surface area contributed by atoms with Gasteiger partial charge in [-0.3, -0.25) is 9.69 Å². The minimum atomic E-state index is -0.675. The zero-order valence-electron chi connectivity index (χ0n) is 13.1. The van der Waals surface area contributed by atoms with Crippen molar-refractivity contribution < 1.29 is 14.3 Å². The van der Waals surface area contributed by atoms with Crippen LogP contribution in [0.4, 0.5) is 4.79 Å². The predicted molar refractivity (Wildman–Crippen MR) is 78.9 cm³/mol. The highest BCUT2D eigenvalue weighted by atomic mass is 35.5. The van der Waals surface area contributed by atoms with Gasteiger partial charge in [0.15, 0.2) is 0 Å². The standard InChI is InChI=1S/C14H25ClN2O3/c1-13(2,3)16-11(18)10-9(15)7-8-17(10)12(19)20-14(4,5)6/h9-10H,7-8H2,1-6H3,(H,16,18)/t9-,10+/m1/s1. The highest BCUT2D eigenvalue weighted by Crippen LogP contribution is 2.26. The molecule has 1 saturated heterocycles. The highest BCUT2D eigenvalue weighted by Gasteiger charge is 2.43. The maximum Gasteiger partial charge on any atom is 0.411 e. The molecular weight excluding hydrogens is 280 g/mol. The Morgan fingerprint density at radius 2 is 1.75 bits per heavy atom. The second-order valence-electron chi connectivity index (χ2n) is 7.16. The number of hydrogen-bond donors (Lipinski definition) is 1. The minimum absolute atomic E-state index is 0.235. The first-order valence-corrected chi connectivity index (χ1v) is 7.30. The molecule has 1 aliphatic rings. The molecule has 2 atom stereocenters. The van der Waals surface area contributed by atoms with E-state index in [2.05, 4.69) is 5.32 Å². The molecule has 5 nitrogen and oxygen atoms in total. The third kappa shape index (κ3) is 4.85. The molecule has 116 valence electrons. The monoisotopic (exact) mass is 304 g/mol. The van der Waals surface area contributed by atoms with E-state index >= 15 is 0 Å². The number of hydrogen-bond acceptors (Lipinski definition) is 3. The number of nitrogens with zero attached hydrogens (tertiary/aromatic N) is 1. The first-order valence-electron chi connectivity index (χ1n) is 6.86. The molecule has 20 heavy (non-hydrogen) atoms. The molecule has 6 heteroatoms. The summed E-state index contributed by atoms with van der Waals surface area (Å²) < 4.78 is 5.33. The van der Waals surface area contributed by atoms with E-state index < -0.39 is 17.7 Å². The molecule has 0 unspecified atom stereocenters. The van der Waals surface area contributed by atoms with E-state index in [-0.39, 0.29) is 16.8 Å². The Labute approximate surface area is 126 Å². The first-order chi connectivity index (χ1) is 8.91. The van der Waals surface area contributed by atoms with Crippen LogP contribution in [0.2, 0.25) is 0 Å². The summed E-state index contributed by atoms with van der Waals surface area (Å²) in [6, 6.07) is -0.675. The fraction of sp³-hybridized carbons (Fsp3) is 0.857. The second kappa shape index (κ2) is 5.80. The van der Waals surface area contributed by atoms with Crippen LogP contribution in [0, 0.1) is 0 Å². The van der Waals surface area contributed by atoms with Crippen LogP contribution in [0.1, 0.15) is 48.0 Å². The topological polar surface area (TPSA) is 58.6 Å². The third-order valence-electron chi connectivity index (χ3n) is 2.72. The number of ether oxygens (including phenoxy) is 1. The van der Waals surface area contributed by atoms with Crippen molar-refractivity contribution in [3.63, 3.8) is 0 Å². The molecule has 0 saturated carbocycles. The normalized spacial score (nSPS) is 23.6. The van der Waals surface area contributed by atoms with Crippen molar-refractivity contribution in [3.8, 4) is 0 Å². The Kier molecular flexibility index (Phi) is 4.95. The van der Waals surface area contributed by atoms with Gasteiger partial charge in [-0.1, -0.05) is 0 Å². The lowest BCUT2D eigenvalue weighted by molar-refractivity contribution is -0.126. The van der Waals surface area contributed by atoms with Crippen molar-refractivity contribution in [2.24, 2.45) is 0 Å². The largest absolute Gasteiger partial charge is 0.444 e. The number of rotatable bonds is 1. The van der Waals surface area contributed by atoms with Crippen LogP contribution in [0.3, 0.4) is 0 Å². The molecule has 2 amide bonds. The van der Waals surface area contributed by atoms with Crippen LogP contribution < -0.4 is 5.32 Å². The van der Waals surface area contributed by atoms with Crippen molar-refractivity contribution in [3.05, 3.63) is 0 Å². The molecule has 0 spiro atoms. The number of halogens is 1. The number of amides is 2. The fourth-order valence-electron chi connectivity index (χ4n) is 2.03. The minimum Gasteiger partial charge on any atom is -0.444 e. The molecule has 1 N–H and O–H groups in total. The maximum absolute atomic E-state index is 12.3. The van der Waals surface area contributed by atoms with Crippen molar-refractivity contribution in [2.75, 3.05) is 6.54 Å². The van der Waals surface area contributed by atoms with Crippen LogP contribution in [0.15, 0.2) is 0 Å². The number of likely N-dealkylation sites (tertiary alicyclic amines) is 1. The zero-order chi connectivity index (χ0) is 15.7. The van der Waals surface area contributed by atoms with E-state index in [1.54, 1.807) is 20.8 Å². The second-order valence-corrected chi connectivity index (χ2v) is 7.72. The molecule has 0 bridgehead atoms. The van der Waals surface area contributed by atoms with Gasteiger partial charge in [-0.25, -0.2) is 4.79 Å². The van der Waals surface area contributed by atoms with E-state index in [9.17, 15) is 9.59 Å². The predicted octanol–water partition coefficient (Wildman–Crippen LogP) is 2.52. The van der Waals surface area contributed by atoms with Gasteiger partial charge >= 0.3 is 6.09 Å². The molecule has 0 aromatic heterocycles. The smallest absolute Gasteiger partial charge is 0.411 e. The van der Waals surface area contributed by atoms with E-state index in [0.717, 1.165) is 0 Å². The number of carbonyl (C=O) groups is 2. The zero-order valence-corrected chi connectivity index (χ0v) is 13.9. The Morgan fingerprint density at radius 1 is 1.20 bits per heavy atom. The lowest BCUT2D eigenvalue weighted by Crippen LogP contribution is -2.54. The van der Waals surface area contributed by atoms with Gasteiger partial charge in [0.05, 0.1) is 5.38 Å². The molecule has 0 radical (unpaired) electrons. The van der Waals surface area contributed by atoms with Gasteiger partial charge in [0.25, 0.3) is 0 Å². The van der Waals surface area contributed by atoms with E-state index in [1.165, 1.54) is 4.90 Å². The first kappa shape index (κ1) is 17.1. The van der Waals surface area contributed by atoms with E-state index in [1.807, 2.05) is 20.8 Å². The van der Waals surface area contributed by atoms with Gasteiger partial charge < -0.3 is 10.1 Å².